The largest absolute Gasteiger partial charge is 0.464 e. The van der Waals surface area contributed by atoms with Crippen molar-refractivity contribution >= 4 is 34.8 Å². The number of carbonyl (C=O) groups excluding carboxylic acids is 2. The van der Waals surface area contributed by atoms with Gasteiger partial charge in [0.1, 0.15) is 6.04 Å². The SMILES string of the molecule is CCOC(=O)C1CCCCN1C(=O)CN(CC)Cc1ccc(Cl)s1. The normalized spacial score (nSPS) is 18.0. The predicted molar refractivity (Wildman–Crippen MR) is 96.3 cm³/mol. The van der Waals surface area contributed by atoms with Crippen molar-refractivity contribution in [1.29, 1.82) is 0 Å². The van der Waals surface area contributed by atoms with Crippen LogP contribution < -0.4 is 0 Å². The highest BCUT2D eigenvalue weighted by Crippen LogP contribution is 2.23. The van der Waals surface area contributed by atoms with E-state index in [1.54, 1.807) is 11.8 Å². The summed E-state index contributed by atoms with van der Waals surface area (Å²) in [5, 5.41) is 0. The maximum atomic E-state index is 12.7. The molecule has 0 radical (unpaired) electrons. The fraction of sp³-hybridized carbons (Fsp3) is 0.647. The minimum Gasteiger partial charge on any atom is -0.464 e. The van der Waals surface area contributed by atoms with E-state index in [-0.39, 0.29) is 11.9 Å². The highest BCUT2D eigenvalue weighted by atomic mass is 35.5. The van der Waals surface area contributed by atoms with Gasteiger partial charge < -0.3 is 9.64 Å². The summed E-state index contributed by atoms with van der Waals surface area (Å²) < 4.78 is 5.89. The molecule has 0 saturated carbocycles. The molecule has 1 unspecified atom stereocenters. The first-order valence-corrected chi connectivity index (χ1v) is 9.67. The minimum absolute atomic E-state index is 0.00254. The van der Waals surface area contributed by atoms with Crippen LogP contribution in [0.3, 0.4) is 0 Å². The molecule has 1 saturated heterocycles. The second-order valence-corrected chi connectivity index (χ2v) is 7.66. The van der Waals surface area contributed by atoms with Gasteiger partial charge in [-0.15, -0.1) is 11.3 Å². The third-order valence-electron chi connectivity index (χ3n) is 4.20. The molecule has 2 heterocycles. The fourth-order valence-corrected chi connectivity index (χ4v) is 4.06. The van der Waals surface area contributed by atoms with Crippen molar-refractivity contribution in [2.24, 2.45) is 0 Å². The van der Waals surface area contributed by atoms with E-state index in [9.17, 15) is 9.59 Å². The smallest absolute Gasteiger partial charge is 0.328 e. The summed E-state index contributed by atoms with van der Waals surface area (Å²) >= 11 is 7.50. The molecule has 0 spiro atoms. The van der Waals surface area contributed by atoms with Gasteiger partial charge >= 0.3 is 5.97 Å². The highest BCUT2D eigenvalue weighted by molar-refractivity contribution is 7.16. The average Bonchev–Trinajstić information content (AvgIpc) is 2.99. The molecule has 1 amide bonds. The van der Waals surface area contributed by atoms with Crippen molar-refractivity contribution in [2.75, 3.05) is 26.2 Å². The van der Waals surface area contributed by atoms with Gasteiger partial charge in [0.05, 0.1) is 17.5 Å². The number of piperidine rings is 1. The molecule has 1 aromatic rings. The van der Waals surface area contributed by atoms with E-state index in [0.29, 0.717) is 32.7 Å². The van der Waals surface area contributed by atoms with Gasteiger partial charge in [-0.2, -0.15) is 0 Å². The Morgan fingerprint density at radius 1 is 1.38 bits per heavy atom. The summed E-state index contributed by atoms with van der Waals surface area (Å²) in [6.07, 6.45) is 2.59. The molecule has 0 bridgehead atoms. The number of nitrogens with zero attached hydrogens (tertiary/aromatic N) is 2. The van der Waals surface area contributed by atoms with Gasteiger partial charge in [-0.3, -0.25) is 9.69 Å². The van der Waals surface area contributed by atoms with Crippen LogP contribution in [0.5, 0.6) is 0 Å². The summed E-state index contributed by atoms with van der Waals surface area (Å²) in [6, 6.07) is 3.43. The van der Waals surface area contributed by atoms with Crippen LogP contribution in [0.2, 0.25) is 4.34 Å². The lowest BCUT2D eigenvalue weighted by molar-refractivity contribution is -0.157. The number of hydrogen-bond donors (Lipinski definition) is 0. The number of likely N-dealkylation sites (tertiary alicyclic amines) is 1. The van der Waals surface area contributed by atoms with Gasteiger partial charge in [0.25, 0.3) is 0 Å². The van der Waals surface area contributed by atoms with E-state index in [1.807, 2.05) is 19.1 Å². The molecule has 0 aromatic carbocycles. The summed E-state index contributed by atoms with van der Waals surface area (Å²) in [7, 11) is 0. The zero-order valence-electron chi connectivity index (χ0n) is 14.3. The molecule has 0 aliphatic carbocycles. The van der Waals surface area contributed by atoms with Gasteiger partial charge in [0.2, 0.25) is 5.91 Å². The molecular weight excluding hydrogens is 348 g/mol. The van der Waals surface area contributed by atoms with Crippen molar-refractivity contribution in [2.45, 2.75) is 45.7 Å². The highest BCUT2D eigenvalue weighted by Gasteiger charge is 2.33. The van der Waals surface area contributed by atoms with Crippen LogP contribution in [0.4, 0.5) is 0 Å². The van der Waals surface area contributed by atoms with Crippen molar-refractivity contribution in [3.8, 4) is 0 Å². The number of amides is 1. The Balaban J connectivity index is 1.98. The van der Waals surface area contributed by atoms with Crippen LogP contribution >= 0.6 is 22.9 Å². The third kappa shape index (κ3) is 5.19. The third-order valence-corrected chi connectivity index (χ3v) is 5.41. The van der Waals surface area contributed by atoms with Gasteiger partial charge in [0, 0.05) is 18.0 Å². The van der Waals surface area contributed by atoms with E-state index >= 15 is 0 Å². The minimum atomic E-state index is -0.430. The molecule has 1 atom stereocenters. The van der Waals surface area contributed by atoms with Crippen LogP contribution in [0, 0.1) is 0 Å². The number of ether oxygens (including phenoxy) is 1. The van der Waals surface area contributed by atoms with E-state index < -0.39 is 6.04 Å². The Kier molecular flexibility index (Phi) is 7.52. The maximum Gasteiger partial charge on any atom is 0.328 e. The average molecular weight is 373 g/mol. The number of likely N-dealkylation sites (N-methyl/N-ethyl adjacent to an activating group) is 1. The first-order valence-electron chi connectivity index (χ1n) is 8.47. The molecule has 1 aliphatic heterocycles. The topological polar surface area (TPSA) is 49.9 Å². The molecule has 5 nitrogen and oxygen atoms in total. The van der Waals surface area contributed by atoms with Crippen LogP contribution in [0.15, 0.2) is 12.1 Å². The molecule has 1 aromatic heterocycles. The summed E-state index contributed by atoms with van der Waals surface area (Å²) in [4.78, 5) is 29.8. The summed E-state index contributed by atoms with van der Waals surface area (Å²) in [6.45, 7) is 6.56. The molecule has 1 fully saturated rings. The lowest BCUT2D eigenvalue weighted by Gasteiger charge is -2.35. The van der Waals surface area contributed by atoms with Gasteiger partial charge in [-0.1, -0.05) is 18.5 Å². The molecule has 134 valence electrons. The van der Waals surface area contributed by atoms with E-state index in [1.165, 1.54) is 11.3 Å². The van der Waals surface area contributed by atoms with E-state index in [4.69, 9.17) is 16.3 Å². The molecule has 2 rings (SSSR count). The number of halogens is 1. The number of carbonyl (C=O) groups is 2. The van der Waals surface area contributed by atoms with E-state index in [2.05, 4.69) is 4.90 Å². The Morgan fingerprint density at radius 3 is 2.79 bits per heavy atom. The number of esters is 1. The fourth-order valence-electron chi connectivity index (χ4n) is 2.93. The second kappa shape index (κ2) is 9.39. The Labute approximate surface area is 152 Å². The molecular formula is C17H25ClN2O3S. The van der Waals surface area contributed by atoms with Crippen molar-refractivity contribution < 1.29 is 14.3 Å². The standard InChI is InChI=1S/C17H25ClN2O3S/c1-3-19(11-13-8-9-15(18)24-13)12-16(21)20-10-6-5-7-14(20)17(22)23-4-2/h8-9,14H,3-7,10-12H2,1-2H3. The number of hydrogen-bond acceptors (Lipinski definition) is 5. The lowest BCUT2D eigenvalue weighted by Crippen LogP contribution is -2.51. The zero-order chi connectivity index (χ0) is 17.5. The van der Waals surface area contributed by atoms with Gasteiger partial charge in [0.15, 0.2) is 0 Å². The van der Waals surface area contributed by atoms with Gasteiger partial charge in [-0.25, -0.2) is 4.79 Å². The molecule has 24 heavy (non-hydrogen) atoms. The van der Waals surface area contributed by atoms with Crippen molar-refractivity contribution in [1.82, 2.24) is 9.80 Å². The summed E-state index contributed by atoms with van der Waals surface area (Å²) in [5.74, 6) is -0.282. The number of thiophene rings is 1. The van der Waals surface area contributed by atoms with Crippen LogP contribution in [-0.4, -0.2) is 54.0 Å². The monoisotopic (exact) mass is 372 g/mol. The molecule has 7 heteroatoms. The van der Waals surface area contributed by atoms with E-state index in [0.717, 1.165) is 28.6 Å². The zero-order valence-corrected chi connectivity index (χ0v) is 15.9. The van der Waals surface area contributed by atoms with Crippen LogP contribution in [-0.2, 0) is 20.9 Å². The predicted octanol–water partition coefficient (Wildman–Crippen LogP) is 3.17. The van der Waals surface area contributed by atoms with Crippen molar-refractivity contribution in [3.63, 3.8) is 0 Å². The van der Waals surface area contributed by atoms with Crippen LogP contribution in [0.25, 0.3) is 0 Å². The van der Waals surface area contributed by atoms with Crippen molar-refractivity contribution in [3.05, 3.63) is 21.3 Å². The lowest BCUT2D eigenvalue weighted by atomic mass is 10.0. The maximum absolute atomic E-state index is 12.7. The quantitative estimate of drug-likeness (QED) is 0.690. The summed E-state index contributed by atoms with van der Waals surface area (Å²) in [5.41, 5.74) is 0. The Hall–Kier alpha value is -1.11. The second-order valence-electron chi connectivity index (χ2n) is 5.86. The molecule has 1 aliphatic rings. The number of rotatable bonds is 7. The van der Waals surface area contributed by atoms with Crippen LogP contribution in [0.1, 0.15) is 38.0 Å². The Bertz CT molecular complexity index is 564. The van der Waals surface area contributed by atoms with Gasteiger partial charge in [-0.05, 0) is 44.9 Å². The first-order chi connectivity index (χ1) is 11.5. The Morgan fingerprint density at radius 2 is 2.17 bits per heavy atom. The molecule has 0 N–H and O–H groups in total. The first kappa shape index (κ1) is 19.2.